The van der Waals surface area contributed by atoms with Crippen LogP contribution in [0.3, 0.4) is 0 Å². The lowest BCUT2D eigenvalue weighted by molar-refractivity contribution is -0.137. The highest BCUT2D eigenvalue weighted by Crippen LogP contribution is 2.47. The van der Waals surface area contributed by atoms with Crippen LogP contribution in [0.15, 0.2) is 42.7 Å². The molecule has 3 aliphatic rings. The van der Waals surface area contributed by atoms with Crippen molar-refractivity contribution in [3.05, 3.63) is 65.0 Å². The Morgan fingerprint density at radius 1 is 1.08 bits per heavy atom. The van der Waals surface area contributed by atoms with Gasteiger partial charge >= 0.3 is 6.18 Å². The number of rotatable bonds is 4. The van der Waals surface area contributed by atoms with E-state index in [9.17, 15) is 23.4 Å². The minimum Gasteiger partial charge on any atom is -0.392 e. The number of nitrogens with zero attached hydrogens (tertiary/aromatic N) is 3. The first kappa shape index (κ1) is 23.9. The van der Waals surface area contributed by atoms with Gasteiger partial charge in [-0.2, -0.15) is 13.2 Å². The van der Waals surface area contributed by atoms with Crippen LogP contribution >= 0.6 is 0 Å². The maximum atomic E-state index is 14.4. The number of aliphatic hydroxyl groups is 2. The summed E-state index contributed by atoms with van der Waals surface area (Å²) in [4.78, 5) is 6.47. The lowest BCUT2D eigenvalue weighted by Crippen LogP contribution is -2.47. The summed E-state index contributed by atoms with van der Waals surface area (Å²) in [5.74, 6) is 0. The molecule has 1 aromatic heterocycles. The topological polar surface area (TPSA) is 61.5 Å². The molecule has 5 nitrogen and oxygen atoms in total. The maximum absolute atomic E-state index is 14.4. The number of aromatic nitrogens is 2. The molecule has 2 aliphatic carbocycles. The van der Waals surface area contributed by atoms with Crippen LogP contribution in [-0.4, -0.2) is 56.0 Å². The third-order valence-corrected chi connectivity index (χ3v) is 8.90. The predicted molar refractivity (Wildman–Crippen MR) is 131 cm³/mol. The van der Waals surface area contributed by atoms with E-state index < -0.39 is 23.4 Å². The molecule has 0 radical (unpaired) electrons. The smallest absolute Gasteiger partial charge is 0.392 e. The number of piperidine rings is 1. The molecule has 0 amide bonds. The Kier molecular flexibility index (Phi) is 5.52. The van der Waals surface area contributed by atoms with Crippen LogP contribution in [0.5, 0.6) is 0 Å². The number of alkyl halides is 3. The average Bonchev–Trinajstić information content (AvgIpc) is 3.35. The zero-order valence-corrected chi connectivity index (χ0v) is 20.4. The third-order valence-electron chi connectivity index (χ3n) is 8.90. The Bertz CT molecular complexity index is 1280. The fourth-order valence-electron chi connectivity index (χ4n) is 6.95. The van der Waals surface area contributed by atoms with Crippen molar-refractivity contribution in [2.24, 2.45) is 0 Å². The summed E-state index contributed by atoms with van der Waals surface area (Å²) < 4.78 is 44.8. The molecule has 1 spiro atoms. The molecule has 1 saturated carbocycles. The van der Waals surface area contributed by atoms with Gasteiger partial charge in [-0.15, -0.1) is 0 Å². The van der Waals surface area contributed by atoms with Gasteiger partial charge in [0.1, 0.15) is 0 Å². The Morgan fingerprint density at radius 3 is 2.50 bits per heavy atom. The van der Waals surface area contributed by atoms with Crippen LogP contribution in [0.1, 0.15) is 60.9 Å². The van der Waals surface area contributed by atoms with Crippen molar-refractivity contribution in [2.45, 2.75) is 74.8 Å². The highest BCUT2D eigenvalue weighted by molar-refractivity contribution is 5.81. The molecule has 36 heavy (non-hydrogen) atoms. The Labute approximate surface area is 208 Å². The summed E-state index contributed by atoms with van der Waals surface area (Å²) in [6.07, 6.45) is 0.0225. The van der Waals surface area contributed by atoms with Gasteiger partial charge in [0.2, 0.25) is 0 Å². The van der Waals surface area contributed by atoms with Crippen LogP contribution in [0, 0.1) is 0 Å². The number of fused-ring (bicyclic) bond motifs is 3. The number of halogens is 3. The zero-order chi connectivity index (χ0) is 25.3. The minimum atomic E-state index is -4.50. The van der Waals surface area contributed by atoms with Gasteiger partial charge in [0.25, 0.3) is 0 Å². The van der Waals surface area contributed by atoms with Gasteiger partial charge in [0.15, 0.2) is 0 Å². The molecule has 2 N–H and O–H groups in total. The van der Waals surface area contributed by atoms with Gasteiger partial charge in [-0.25, -0.2) is 4.98 Å². The van der Waals surface area contributed by atoms with Crippen molar-refractivity contribution in [2.75, 3.05) is 19.6 Å². The van der Waals surface area contributed by atoms with E-state index in [-0.39, 0.29) is 22.5 Å². The molecule has 1 saturated heterocycles. The summed E-state index contributed by atoms with van der Waals surface area (Å²) in [7, 11) is 0. The van der Waals surface area contributed by atoms with Gasteiger partial charge < -0.3 is 19.7 Å². The maximum Gasteiger partial charge on any atom is 0.418 e. The average molecular weight is 500 g/mol. The molecule has 1 aliphatic heterocycles. The first-order chi connectivity index (χ1) is 17.1. The van der Waals surface area contributed by atoms with E-state index in [0.717, 1.165) is 25.9 Å². The van der Waals surface area contributed by atoms with Crippen molar-refractivity contribution in [3.63, 3.8) is 0 Å². The predicted octanol–water partition coefficient (Wildman–Crippen LogP) is 4.63. The number of hydrogen-bond acceptors (Lipinski definition) is 4. The molecule has 1 unspecified atom stereocenters. The lowest BCUT2D eigenvalue weighted by Gasteiger charge is -2.42. The molecular formula is C28H32F3N3O2. The third kappa shape index (κ3) is 3.85. The fraction of sp³-hybridized carbons (Fsp3) is 0.536. The molecule has 3 aromatic rings. The summed E-state index contributed by atoms with van der Waals surface area (Å²) in [5.41, 5.74) is 1.54. The normalized spacial score (nSPS) is 27.9. The van der Waals surface area contributed by atoms with E-state index in [1.807, 2.05) is 12.1 Å². The molecule has 2 fully saturated rings. The summed E-state index contributed by atoms with van der Waals surface area (Å²) in [6, 6.07) is 11.3. The van der Waals surface area contributed by atoms with E-state index in [1.54, 1.807) is 23.6 Å². The van der Waals surface area contributed by atoms with E-state index in [0.29, 0.717) is 37.7 Å². The number of imidazole rings is 1. The molecule has 6 rings (SSSR count). The van der Waals surface area contributed by atoms with Gasteiger partial charge in [0.05, 0.1) is 34.6 Å². The van der Waals surface area contributed by atoms with Crippen molar-refractivity contribution >= 4 is 11.0 Å². The van der Waals surface area contributed by atoms with Gasteiger partial charge in [0, 0.05) is 18.0 Å². The monoisotopic (exact) mass is 499 g/mol. The fourth-order valence-corrected chi connectivity index (χ4v) is 6.95. The van der Waals surface area contributed by atoms with Crippen molar-refractivity contribution in [1.82, 2.24) is 14.5 Å². The van der Waals surface area contributed by atoms with E-state index in [2.05, 4.69) is 22.0 Å². The van der Waals surface area contributed by atoms with Crippen LogP contribution in [0.4, 0.5) is 13.2 Å². The molecule has 1 atom stereocenters. The van der Waals surface area contributed by atoms with Crippen LogP contribution in [0.2, 0.25) is 0 Å². The quantitative estimate of drug-likeness (QED) is 0.550. The molecular weight excluding hydrogens is 467 g/mol. The largest absolute Gasteiger partial charge is 0.418 e. The first-order valence-corrected chi connectivity index (χ1v) is 12.8. The SMILES string of the molecule is CC1(O)CC(n2cnc3ccc(CCN4CCC5(CC4)c4ccccc4CC5O)c(C(F)(F)F)c32)C1. The number of hydrogen-bond donors (Lipinski definition) is 2. The standard InChI is InChI=1S/C28H32F3N3O2/c1-26(36)15-20(16-26)34-17-32-22-7-6-18(24(25(22)34)28(29,30)31)8-11-33-12-9-27(10-13-33)21-5-3-2-4-19(21)14-23(27)35/h2-7,17,20,23,35-36H,8-16H2,1H3. The molecule has 2 heterocycles. The van der Waals surface area contributed by atoms with Crippen LogP contribution in [0.25, 0.3) is 11.0 Å². The zero-order valence-electron chi connectivity index (χ0n) is 20.4. The Balaban J connectivity index is 1.21. The van der Waals surface area contributed by atoms with Gasteiger partial charge in [-0.05, 0) is 81.3 Å². The number of likely N-dealkylation sites (tertiary alicyclic amines) is 1. The van der Waals surface area contributed by atoms with Gasteiger partial charge in [-0.3, -0.25) is 0 Å². The summed E-state index contributed by atoms with van der Waals surface area (Å²) in [6.45, 7) is 3.76. The second-order valence-corrected chi connectivity index (χ2v) is 11.3. The van der Waals surface area contributed by atoms with Crippen molar-refractivity contribution in [3.8, 4) is 0 Å². The Morgan fingerprint density at radius 2 is 1.81 bits per heavy atom. The van der Waals surface area contributed by atoms with Crippen molar-refractivity contribution < 1.29 is 23.4 Å². The van der Waals surface area contributed by atoms with E-state index in [1.165, 1.54) is 17.5 Å². The van der Waals surface area contributed by atoms with Gasteiger partial charge in [-0.1, -0.05) is 30.3 Å². The number of benzene rings is 2. The first-order valence-electron chi connectivity index (χ1n) is 12.8. The minimum absolute atomic E-state index is 0.129. The van der Waals surface area contributed by atoms with Crippen LogP contribution in [-0.2, 0) is 24.4 Å². The van der Waals surface area contributed by atoms with Crippen LogP contribution < -0.4 is 0 Å². The summed E-state index contributed by atoms with van der Waals surface area (Å²) >= 11 is 0. The molecule has 192 valence electrons. The second kappa shape index (κ2) is 8.30. The van der Waals surface area contributed by atoms with Crippen molar-refractivity contribution in [1.29, 1.82) is 0 Å². The highest BCUT2D eigenvalue weighted by atomic mass is 19.4. The lowest BCUT2D eigenvalue weighted by atomic mass is 9.72. The second-order valence-electron chi connectivity index (χ2n) is 11.3. The number of aliphatic hydroxyl groups excluding tert-OH is 1. The highest BCUT2D eigenvalue weighted by Gasteiger charge is 2.47. The molecule has 0 bridgehead atoms. The Hall–Kier alpha value is -2.42. The summed E-state index contributed by atoms with van der Waals surface area (Å²) in [5, 5.41) is 21.0. The molecule has 8 heteroatoms. The molecule has 2 aromatic carbocycles. The van der Waals surface area contributed by atoms with E-state index in [4.69, 9.17) is 0 Å². The van der Waals surface area contributed by atoms with E-state index >= 15 is 0 Å².